The summed E-state index contributed by atoms with van der Waals surface area (Å²) in [5.41, 5.74) is 2.60. The molecule has 0 aromatic heterocycles. The lowest BCUT2D eigenvalue weighted by molar-refractivity contribution is 0.404. The van der Waals surface area contributed by atoms with Crippen molar-refractivity contribution in [2.24, 2.45) is 0 Å². The lowest BCUT2D eigenvalue weighted by atomic mass is 9.91. The van der Waals surface area contributed by atoms with Gasteiger partial charge in [-0.15, -0.1) is 0 Å². The average molecular weight is 283 g/mol. The summed E-state index contributed by atoms with van der Waals surface area (Å²) in [6, 6.07) is 18.1. The Bertz CT molecular complexity index is 557. The summed E-state index contributed by atoms with van der Waals surface area (Å²) in [6.45, 7) is 7.47. The molecule has 2 rings (SSSR count). The highest BCUT2D eigenvalue weighted by Gasteiger charge is 2.16. The minimum Gasteiger partial charge on any atom is -0.508 e. The Labute approximate surface area is 127 Å². The molecule has 1 unspecified atom stereocenters. The van der Waals surface area contributed by atoms with Crippen molar-refractivity contribution >= 4 is 0 Å². The molecule has 2 aromatic carbocycles. The molecule has 0 radical (unpaired) electrons. The lowest BCUT2D eigenvalue weighted by Crippen LogP contribution is -2.39. The Morgan fingerprint density at radius 1 is 1.00 bits per heavy atom. The van der Waals surface area contributed by atoms with Crippen LogP contribution in [0.15, 0.2) is 54.6 Å². The summed E-state index contributed by atoms with van der Waals surface area (Å²) in [5, 5.41) is 13.2. The quantitative estimate of drug-likeness (QED) is 0.865. The fourth-order valence-corrected chi connectivity index (χ4v) is 2.43. The van der Waals surface area contributed by atoms with Crippen molar-refractivity contribution in [2.45, 2.75) is 38.6 Å². The van der Waals surface area contributed by atoms with Crippen molar-refractivity contribution < 1.29 is 5.11 Å². The van der Waals surface area contributed by atoms with E-state index in [0.717, 1.165) is 13.0 Å². The summed E-state index contributed by atoms with van der Waals surface area (Å²) >= 11 is 0. The molecule has 0 aliphatic heterocycles. The molecule has 0 aliphatic carbocycles. The molecule has 2 N–H and O–H groups in total. The van der Waals surface area contributed by atoms with Gasteiger partial charge in [0.15, 0.2) is 0 Å². The number of hydrogen-bond acceptors (Lipinski definition) is 2. The van der Waals surface area contributed by atoms with Gasteiger partial charge in [-0.3, -0.25) is 0 Å². The number of rotatable bonds is 5. The topological polar surface area (TPSA) is 32.3 Å². The molecule has 112 valence electrons. The number of nitrogens with one attached hydrogen (secondary N) is 1. The van der Waals surface area contributed by atoms with Crippen molar-refractivity contribution in [3.05, 3.63) is 65.7 Å². The van der Waals surface area contributed by atoms with Crippen LogP contribution in [0, 0.1) is 0 Å². The van der Waals surface area contributed by atoms with Crippen LogP contribution in [0.1, 0.15) is 37.8 Å². The second-order valence-electron chi connectivity index (χ2n) is 6.61. The molecule has 1 atom stereocenters. The largest absolute Gasteiger partial charge is 0.508 e. The lowest BCUT2D eigenvalue weighted by Gasteiger charge is -2.26. The predicted octanol–water partition coefficient (Wildman–Crippen LogP) is 4.11. The third kappa shape index (κ3) is 5.24. The van der Waals surface area contributed by atoms with Gasteiger partial charge < -0.3 is 10.4 Å². The van der Waals surface area contributed by atoms with E-state index in [1.54, 1.807) is 6.07 Å². The molecule has 0 aliphatic rings. The maximum Gasteiger partial charge on any atom is 0.115 e. The number of phenols is 1. The highest BCUT2D eigenvalue weighted by atomic mass is 16.3. The molecule has 2 aromatic rings. The van der Waals surface area contributed by atoms with Crippen molar-refractivity contribution in [1.82, 2.24) is 5.32 Å². The zero-order valence-corrected chi connectivity index (χ0v) is 13.1. The van der Waals surface area contributed by atoms with Gasteiger partial charge in [-0.25, -0.2) is 0 Å². The van der Waals surface area contributed by atoms with Crippen LogP contribution in [0.25, 0.3) is 0 Å². The van der Waals surface area contributed by atoms with E-state index in [0.29, 0.717) is 11.7 Å². The first-order chi connectivity index (χ1) is 9.94. The average Bonchev–Trinajstić information content (AvgIpc) is 2.43. The fourth-order valence-electron chi connectivity index (χ4n) is 2.43. The van der Waals surface area contributed by atoms with E-state index < -0.39 is 0 Å². The van der Waals surface area contributed by atoms with E-state index in [1.807, 2.05) is 18.2 Å². The molecule has 2 nitrogen and oxygen atoms in total. The van der Waals surface area contributed by atoms with Gasteiger partial charge in [0.2, 0.25) is 0 Å². The monoisotopic (exact) mass is 283 g/mol. The Morgan fingerprint density at radius 2 is 1.71 bits per heavy atom. The Hall–Kier alpha value is -1.80. The van der Waals surface area contributed by atoms with E-state index in [4.69, 9.17) is 0 Å². The first-order valence-electron chi connectivity index (χ1n) is 7.52. The molecule has 0 saturated heterocycles. The van der Waals surface area contributed by atoms with Crippen molar-refractivity contribution in [3.8, 4) is 5.75 Å². The molecular formula is C19H25NO. The molecule has 0 heterocycles. The van der Waals surface area contributed by atoms with Crippen LogP contribution in [0.4, 0.5) is 0 Å². The van der Waals surface area contributed by atoms with Crippen molar-refractivity contribution in [2.75, 3.05) is 6.54 Å². The number of aromatic hydroxyl groups is 1. The van der Waals surface area contributed by atoms with Crippen LogP contribution < -0.4 is 5.32 Å². The van der Waals surface area contributed by atoms with Crippen LogP contribution in [0.2, 0.25) is 0 Å². The molecule has 0 amide bonds. The Balaban J connectivity index is 2.16. The Kier molecular flexibility index (Phi) is 5.03. The summed E-state index contributed by atoms with van der Waals surface area (Å²) in [7, 11) is 0. The van der Waals surface area contributed by atoms with Crippen molar-refractivity contribution in [3.63, 3.8) is 0 Å². The van der Waals surface area contributed by atoms with Crippen LogP contribution in [0.3, 0.4) is 0 Å². The summed E-state index contributed by atoms with van der Waals surface area (Å²) < 4.78 is 0. The van der Waals surface area contributed by atoms with Gasteiger partial charge in [-0.2, -0.15) is 0 Å². The maximum atomic E-state index is 9.64. The molecule has 0 spiro atoms. The molecular weight excluding hydrogens is 258 g/mol. The van der Waals surface area contributed by atoms with Gasteiger partial charge in [0.05, 0.1) is 0 Å². The molecule has 0 fully saturated rings. The first kappa shape index (κ1) is 15.6. The van der Waals surface area contributed by atoms with Crippen LogP contribution in [-0.4, -0.2) is 17.2 Å². The summed E-state index contributed by atoms with van der Waals surface area (Å²) in [6.07, 6.45) is 0.918. The normalized spacial score (nSPS) is 13.1. The SMILES string of the molecule is CC(C)(C)NCC(Cc1cccc(O)c1)c1ccccc1. The third-order valence-electron chi connectivity index (χ3n) is 3.54. The zero-order chi connectivity index (χ0) is 15.3. The second-order valence-corrected chi connectivity index (χ2v) is 6.61. The van der Waals surface area contributed by atoms with E-state index in [9.17, 15) is 5.11 Å². The first-order valence-corrected chi connectivity index (χ1v) is 7.52. The third-order valence-corrected chi connectivity index (χ3v) is 3.54. The van der Waals surface area contributed by atoms with E-state index in [2.05, 4.69) is 56.4 Å². The maximum absolute atomic E-state index is 9.64. The van der Waals surface area contributed by atoms with Crippen molar-refractivity contribution in [1.29, 1.82) is 0 Å². The molecule has 0 bridgehead atoms. The van der Waals surface area contributed by atoms with Gasteiger partial charge in [-0.1, -0.05) is 42.5 Å². The van der Waals surface area contributed by atoms with Crippen LogP contribution in [-0.2, 0) is 6.42 Å². The molecule has 2 heteroatoms. The van der Waals surface area contributed by atoms with E-state index in [1.165, 1.54) is 11.1 Å². The minimum absolute atomic E-state index is 0.103. The van der Waals surface area contributed by atoms with Crippen LogP contribution in [0.5, 0.6) is 5.75 Å². The van der Waals surface area contributed by atoms with Crippen LogP contribution >= 0.6 is 0 Å². The summed E-state index contributed by atoms with van der Waals surface area (Å²) in [4.78, 5) is 0. The Morgan fingerprint density at radius 3 is 2.33 bits per heavy atom. The number of hydrogen-bond donors (Lipinski definition) is 2. The fraction of sp³-hybridized carbons (Fsp3) is 0.368. The minimum atomic E-state index is 0.103. The number of benzene rings is 2. The van der Waals surface area contributed by atoms with Gasteiger partial charge in [0.25, 0.3) is 0 Å². The molecule has 21 heavy (non-hydrogen) atoms. The second kappa shape index (κ2) is 6.77. The zero-order valence-electron chi connectivity index (χ0n) is 13.1. The summed E-state index contributed by atoms with van der Waals surface area (Å²) in [5.74, 6) is 0.732. The van der Waals surface area contributed by atoms with E-state index in [-0.39, 0.29) is 5.54 Å². The van der Waals surface area contributed by atoms with Gasteiger partial charge in [0, 0.05) is 18.0 Å². The highest BCUT2D eigenvalue weighted by Crippen LogP contribution is 2.23. The van der Waals surface area contributed by atoms with E-state index >= 15 is 0 Å². The standard InChI is InChI=1S/C19H25NO/c1-19(2,3)20-14-17(16-9-5-4-6-10-16)12-15-8-7-11-18(21)13-15/h4-11,13,17,20-21H,12,14H2,1-3H3. The molecule has 0 saturated carbocycles. The smallest absolute Gasteiger partial charge is 0.115 e. The number of phenolic OH excluding ortho intramolecular Hbond substituents is 1. The highest BCUT2D eigenvalue weighted by molar-refractivity contribution is 5.30. The van der Waals surface area contributed by atoms with Gasteiger partial charge >= 0.3 is 0 Å². The predicted molar refractivity (Wildman–Crippen MR) is 88.7 cm³/mol. The van der Waals surface area contributed by atoms with Gasteiger partial charge in [-0.05, 0) is 50.5 Å². The van der Waals surface area contributed by atoms with Gasteiger partial charge in [0.1, 0.15) is 5.75 Å².